The van der Waals surface area contributed by atoms with Crippen LogP contribution >= 0.6 is 15.9 Å². The van der Waals surface area contributed by atoms with Crippen LogP contribution in [0.3, 0.4) is 0 Å². The van der Waals surface area contributed by atoms with Gasteiger partial charge in [-0.3, -0.25) is 9.10 Å². The van der Waals surface area contributed by atoms with E-state index in [4.69, 9.17) is 4.74 Å². The largest absolute Gasteiger partial charge is 0.496 e. The number of amides is 1. The number of methoxy groups -OCH3 is 1. The summed E-state index contributed by atoms with van der Waals surface area (Å²) in [4.78, 5) is 13.4. The molecule has 1 N–H and O–H groups in total. The highest BCUT2D eigenvalue weighted by molar-refractivity contribution is 9.10. The van der Waals surface area contributed by atoms with Crippen molar-refractivity contribution in [1.29, 1.82) is 0 Å². The highest BCUT2D eigenvalue weighted by Gasteiger charge is 2.28. The van der Waals surface area contributed by atoms with Crippen LogP contribution in [0.5, 0.6) is 5.75 Å². The summed E-state index contributed by atoms with van der Waals surface area (Å²) < 4.78 is 34.6. The van der Waals surface area contributed by atoms with Crippen molar-refractivity contribution in [3.63, 3.8) is 0 Å². The fourth-order valence-corrected chi connectivity index (χ4v) is 5.89. The monoisotopic (exact) mass is 572 g/mol. The molecule has 3 aromatic rings. The van der Waals surface area contributed by atoms with Gasteiger partial charge in [0.2, 0.25) is 5.91 Å². The van der Waals surface area contributed by atoms with E-state index in [9.17, 15) is 13.2 Å². The van der Waals surface area contributed by atoms with Crippen LogP contribution in [0.25, 0.3) is 0 Å². The van der Waals surface area contributed by atoms with Gasteiger partial charge in [-0.25, -0.2) is 8.42 Å². The molecular weight excluding hydrogens is 540 g/mol. The summed E-state index contributed by atoms with van der Waals surface area (Å²) in [6.45, 7) is 9.58. The van der Waals surface area contributed by atoms with Gasteiger partial charge in [0.25, 0.3) is 10.0 Å². The van der Waals surface area contributed by atoms with E-state index in [2.05, 4.69) is 41.2 Å². The molecule has 3 rings (SSSR count). The second-order valence-corrected chi connectivity index (χ2v) is 12.0. The molecule has 0 spiro atoms. The highest BCUT2D eigenvalue weighted by atomic mass is 79.9. The van der Waals surface area contributed by atoms with Gasteiger partial charge >= 0.3 is 0 Å². The van der Waals surface area contributed by atoms with Crippen LogP contribution < -0.4 is 14.4 Å². The molecule has 0 aliphatic rings. The van der Waals surface area contributed by atoms with E-state index in [1.54, 1.807) is 55.6 Å². The molecule has 1 atom stereocenters. The standard InChI is InChI=1S/C28H33BrN2O4S/c1-18(2)25-16-26(20(4)14-27(25)35-6)21(5)30-28(32)17-31(23-9-7-8-22(29)15-23)36(33,34)24-12-10-19(3)11-13-24/h7-16,18,21H,17H2,1-6H3,(H,30,32). The fraction of sp³-hybridized carbons (Fsp3) is 0.321. The zero-order chi connectivity index (χ0) is 26.6. The Morgan fingerprint density at radius 1 is 1.00 bits per heavy atom. The van der Waals surface area contributed by atoms with Crippen molar-refractivity contribution in [1.82, 2.24) is 5.32 Å². The summed E-state index contributed by atoms with van der Waals surface area (Å²) in [5.41, 5.74) is 4.35. The number of benzene rings is 3. The van der Waals surface area contributed by atoms with Crippen molar-refractivity contribution in [2.75, 3.05) is 18.0 Å². The minimum Gasteiger partial charge on any atom is -0.496 e. The number of nitrogens with zero attached hydrogens (tertiary/aromatic N) is 1. The summed E-state index contributed by atoms with van der Waals surface area (Å²) in [6.07, 6.45) is 0. The Balaban J connectivity index is 1.92. The second kappa shape index (κ2) is 11.5. The van der Waals surface area contributed by atoms with Crippen LogP contribution in [-0.4, -0.2) is 28.0 Å². The first-order valence-corrected chi connectivity index (χ1v) is 14.0. The lowest BCUT2D eigenvalue weighted by Gasteiger charge is -2.26. The number of ether oxygens (including phenoxy) is 1. The number of anilines is 1. The smallest absolute Gasteiger partial charge is 0.264 e. The first-order valence-electron chi connectivity index (χ1n) is 11.8. The number of carbonyl (C=O) groups is 1. The minimum atomic E-state index is -3.98. The molecule has 0 aromatic heterocycles. The molecule has 0 aliphatic heterocycles. The Kier molecular flexibility index (Phi) is 8.84. The van der Waals surface area contributed by atoms with E-state index in [-0.39, 0.29) is 23.4 Å². The maximum Gasteiger partial charge on any atom is 0.264 e. The van der Waals surface area contributed by atoms with Crippen molar-refractivity contribution in [2.24, 2.45) is 0 Å². The van der Waals surface area contributed by atoms with Gasteiger partial charge in [-0.1, -0.05) is 53.5 Å². The van der Waals surface area contributed by atoms with E-state index in [0.29, 0.717) is 10.2 Å². The lowest BCUT2D eigenvalue weighted by Crippen LogP contribution is -2.41. The molecule has 3 aromatic carbocycles. The Morgan fingerprint density at radius 2 is 1.67 bits per heavy atom. The van der Waals surface area contributed by atoms with E-state index in [1.807, 2.05) is 26.8 Å². The molecule has 0 saturated heterocycles. The zero-order valence-electron chi connectivity index (χ0n) is 21.5. The zero-order valence-corrected chi connectivity index (χ0v) is 23.9. The Labute approximate surface area is 222 Å². The minimum absolute atomic E-state index is 0.126. The predicted molar refractivity (Wildman–Crippen MR) is 148 cm³/mol. The number of sulfonamides is 1. The van der Waals surface area contributed by atoms with E-state index >= 15 is 0 Å². The van der Waals surface area contributed by atoms with E-state index < -0.39 is 15.9 Å². The van der Waals surface area contributed by atoms with Crippen LogP contribution in [0, 0.1) is 13.8 Å². The van der Waals surface area contributed by atoms with Gasteiger partial charge in [-0.05, 0) is 85.8 Å². The van der Waals surface area contributed by atoms with Crippen molar-refractivity contribution in [3.8, 4) is 5.75 Å². The molecule has 1 unspecified atom stereocenters. The number of rotatable bonds is 9. The molecule has 0 fully saturated rings. The fourth-order valence-electron chi connectivity index (χ4n) is 4.09. The number of nitrogens with one attached hydrogen (secondary N) is 1. The quantitative estimate of drug-likeness (QED) is 0.328. The van der Waals surface area contributed by atoms with Gasteiger partial charge in [-0.2, -0.15) is 0 Å². The summed E-state index contributed by atoms with van der Waals surface area (Å²) in [7, 11) is -2.33. The summed E-state index contributed by atoms with van der Waals surface area (Å²) in [6, 6.07) is 17.2. The van der Waals surface area contributed by atoms with Gasteiger partial charge in [-0.15, -0.1) is 0 Å². The molecule has 0 aliphatic carbocycles. The number of hydrogen-bond acceptors (Lipinski definition) is 4. The SMILES string of the molecule is COc1cc(C)c(C(C)NC(=O)CN(c2cccc(Br)c2)S(=O)(=O)c2ccc(C)cc2)cc1C(C)C. The molecule has 6 nitrogen and oxygen atoms in total. The maximum absolute atomic E-state index is 13.6. The van der Waals surface area contributed by atoms with Crippen LogP contribution in [0.1, 0.15) is 55.0 Å². The summed E-state index contributed by atoms with van der Waals surface area (Å²) >= 11 is 3.41. The third-order valence-corrected chi connectivity index (χ3v) is 8.36. The highest BCUT2D eigenvalue weighted by Crippen LogP contribution is 2.32. The van der Waals surface area contributed by atoms with Gasteiger partial charge in [0.1, 0.15) is 12.3 Å². The molecule has 36 heavy (non-hydrogen) atoms. The number of aryl methyl sites for hydroxylation is 2. The number of carbonyl (C=O) groups excluding carboxylic acids is 1. The van der Waals surface area contributed by atoms with E-state index in [1.165, 1.54) is 0 Å². The first kappa shape index (κ1) is 27.7. The van der Waals surface area contributed by atoms with Gasteiger partial charge < -0.3 is 10.1 Å². The molecule has 0 radical (unpaired) electrons. The van der Waals surface area contributed by atoms with Crippen molar-refractivity contribution in [3.05, 3.63) is 87.4 Å². The van der Waals surface area contributed by atoms with Crippen LogP contribution in [0.2, 0.25) is 0 Å². The van der Waals surface area contributed by atoms with Crippen molar-refractivity contribution < 1.29 is 17.9 Å². The van der Waals surface area contributed by atoms with Gasteiger partial charge in [0.15, 0.2) is 0 Å². The topological polar surface area (TPSA) is 75.7 Å². The average molecular weight is 574 g/mol. The predicted octanol–water partition coefficient (Wildman–Crippen LogP) is 6.27. The number of halogens is 1. The van der Waals surface area contributed by atoms with Crippen molar-refractivity contribution in [2.45, 2.75) is 51.5 Å². The second-order valence-electron chi connectivity index (χ2n) is 9.20. The maximum atomic E-state index is 13.6. The van der Waals surface area contributed by atoms with E-state index in [0.717, 1.165) is 32.3 Å². The number of hydrogen-bond donors (Lipinski definition) is 1. The third-order valence-electron chi connectivity index (χ3n) is 6.08. The van der Waals surface area contributed by atoms with Crippen LogP contribution in [0.15, 0.2) is 70.0 Å². The summed E-state index contributed by atoms with van der Waals surface area (Å²) in [5, 5.41) is 2.99. The lowest BCUT2D eigenvalue weighted by molar-refractivity contribution is -0.120. The molecule has 0 heterocycles. The lowest BCUT2D eigenvalue weighted by atomic mass is 9.93. The Bertz CT molecular complexity index is 1340. The van der Waals surface area contributed by atoms with Crippen LogP contribution in [0.4, 0.5) is 5.69 Å². The molecular formula is C28H33BrN2O4S. The molecule has 8 heteroatoms. The van der Waals surface area contributed by atoms with Gasteiger partial charge in [0.05, 0.1) is 23.7 Å². The van der Waals surface area contributed by atoms with Gasteiger partial charge in [0, 0.05) is 4.47 Å². The average Bonchev–Trinajstić information content (AvgIpc) is 2.82. The molecule has 0 saturated carbocycles. The third kappa shape index (κ3) is 6.28. The normalized spacial score (nSPS) is 12.3. The first-order chi connectivity index (χ1) is 16.9. The molecule has 0 bridgehead atoms. The summed E-state index contributed by atoms with van der Waals surface area (Å²) in [5.74, 6) is 0.656. The molecule has 1 amide bonds. The van der Waals surface area contributed by atoms with Crippen molar-refractivity contribution >= 4 is 37.5 Å². The Hall–Kier alpha value is -2.84. The molecule has 192 valence electrons. The Morgan fingerprint density at radius 3 is 2.25 bits per heavy atom. The van der Waals surface area contributed by atoms with Crippen LogP contribution in [-0.2, 0) is 14.8 Å².